The normalized spacial score (nSPS) is 30.1. The van der Waals surface area contributed by atoms with Crippen molar-refractivity contribution in [1.29, 1.82) is 0 Å². The summed E-state index contributed by atoms with van der Waals surface area (Å²) in [7, 11) is 0. The van der Waals surface area contributed by atoms with Crippen LogP contribution >= 0.6 is 11.9 Å². The van der Waals surface area contributed by atoms with Crippen LogP contribution in [0.2, 0.25) is 0 Å². The van der Waals surface area contributed by atoms with Crippen molar-refractivity contribution >= 4 is 17.9 Å². The molecule has 1 amide bonds. The van der Waals surface area contributed by atoms with Crippen molar-refractivity contribution < 1.29 is 18.0 Å². The first kappa shape index (κ1) is 22.5. The number of nitrogens with one attached hydrogen (secondary N) is 2. The van der Waals surface area contributed by atoms with Gasteiger partial charge in [0.1, 0.15) is 5.54 Å². The van der Waals surface area contributed by atoms with E-state index >= 15 is 0 Å². The van der Waals surface area contributed by atoms with E-state index in [9.17, 15) is 18.0 Å². The number of alkyl halides is 3. The Hall–Kier alpha value is -1.21. The second-order valence-electron chi connectivity index (χ2n) is 9.50. The standard InChI is InChI=1S/C22H31F3N2OS/c1-13-9-15-11-14(2)19(16(10-13)12-15)26-20(28)21(3,4)27-29-18-7-5-17(6-8-18)22(23,24)25/h5-8,13-16,19,27H,9-12H2,1-4H3,(H,26,28). The van der Waals surface area contributed by atoms with Crippen LogP contribution in [0.4, 0.5) is 13.2 Å². The molecule has 5 unspecified atom stereocenters. The molecular formula is C22H31F3N2OS. The Bertz CT molecular complexity index is 716. The average molecular weight is 429 g/mol. The summed E-state index contributed by atoms with van der Waals surface area (Å²) in [6.45, 7) is 8.15. The molecule has 0 spiro atoms. The predicted octanol–water partition coefficient (Wildman–Crippen LogP) is 5.66. The Kier molecular flexibility index (Phi) is 6.59. The van der Waals surface area contributed by atoms with Gasteiger partial charge in [-0.2, -0.15) is 13.2 Å². The summed E-state index contributed by atoms with van der Waals surface area (Å²) in [5, 5.41) is 3.29. The highest BCUT2D eigenvalue weighted by molar-refractivity contribution is 7.97. The highest BCUT2D eigenvalue weighted by atomic mass is 32.2. The van der Waals surface area contributed by atoms with Gasteiger partial charge in [-0.1, -0.05) is 13.8 Å². The molecule has 1 aromatic carbocycles. The zero-order valence-electron chi connectivity index (χ0n) is 17.5. The molecule has 0 heterocycles. The first-order valence-corrected chi connectivity index (χ1v) is 11.2. The van der Waals surface area contributed by atoms with Gasteiger partial charge < -0.3 is 5.32 Å². The predicted molar refractivity (Wildman–Crippen MR) is 110 cm³/mol. The second kappa shape index (κ2) is 8.50. The van der Waals surface area contributed by atoms with Crippen LogP contribution in [0, 0.1) is 23.7 Å². The Morgan fingerprint density at radius 2 is 1.69 bits per heavy atom. The molecule has 0 aliphatic heterocycles. The number of hydrogen-bond donors (Lipinski definition) is 2. The lowest BCUT2D eigenvalue weighted by atomic mass is 9.63. The number of amides is 1. The van der Waals surface area contributed by atoms with Gasteiger partial charge >= 0.3 is 6.18 Å². The van der Waals surface area contributed by atoms with E-state index in [2.05, 4.69) is 23.9 Å². The second-order valence-corrected chi connectivity index (χ2v) is 10.4. The minimum atomic E-state index is -4.35. The van der Waals surface area contributed by atoms with E-state index in [4.69, 9.17) is 0 Å². The molecular weight excluding hydrogens is 397 g/mol. The number of hydrogen-bond acceptors (Lipinski definition) is 3. The van der Waals surface area contributed by atoms with Gasteiger partial charge in [0.15, 0.2) is 0 Å². The fourth-order valence-electron chi connectivity index (χ4n) is 4.96. The first-order valence-electron chi connectivity index (χ1n) is 10.4. The minimum Gasteiger partial charge on any atom is -0.351 e. The van der Waals surface area contributed by atoms with Crippen molar-refractivity contribution in [1.82, 2.24) is 10.0 Å². The molecule has 162 valence electrons. The van der Waals surface area contributed by atoms with Gasteiger partial charge in [-0.05, 0) is 99.4 Å². The van der Waals surface area contributed by atoms with Crippen LogP contribution in [0.1, 0.15) is 58.9 Å². The van der Waals surface area contributed by atoms with Crippen LogP contribution in [-0.4, -0.2) is 17.5 Å². The SMILES string of the molecule is CC1CC2CC(C)C(NC(=O)C(C)(C)NSc3ccc(C(F)(F)F)cc3)C(C1)C2. The molecule has 2 aliphatic rings. The smallest absolute Gasteiger partial charge is 0.351 e. The number of benzene rings is 1. The lowest BCUT2D eigenvalue weighted by Crippen LogP contribution is -2.58. The van der Waals surface area contributed by atoms with Gasteiger partial charge in [-0.25, -0.2) is 4.72 Å². The molecule has 0 saturated heterocycles. The molecule has 29 heavy (non-hydrogen) atoms. The van der Waals surface area contributed by atoms with Crippen LogP contribution in [-0.2, 0) is 11.0 Å². The number of fused-ring (bicyclic) bond motifs is 2. The molecule has 3 nitrogen and oxygen atoms in total. The third-order valence-electron chi connectivity index (χ3n) is 6.37. The van der Waals surface area contributed by atoms with Crippen molar-refractivity contribution in [3.05, 3.63) is 29.8 Å². The summed E-state index contributed by atoms with van der Waals surface area (Å²) in [5.41, 5.74) is -1.52. The number of rotatable bonds is 5. The van der Waals surface area contributed by atoms with Crippen LogP contribution in [0.25, 0.3) is 0 Å². The third-order valence-corrected chi connectivity index (χ3v) is 7.49. The van der Waals surface area contributed by atoms with E-state index < -0.39 is 17.3 Å². The number of carbonyl (C=O) groups excluding carboxylic acids is 1. The largest absolute Gasteiger partial charge is 0.416 e. The van der Waals surface area contributed by atoms with Gasteiger partial charge in [0.2, 0.25) is 5.91 Å². The molecule has 2 N–H and O–H groups in total. The Morgan fingerprint density at radius 1 is 1.03 bits per heavy atom. The lowest BCUT2D eigenvalue weighted by molar-refractivity contribution is -0.137. The molecule has 2 bridgehead atoms. The molecule has 3 rings (SSSR count). The summed E-state index contributed by atoms with van der Waals surface area (Å²) < 4.78 is 41.2. The van der Waals surface area contributed by atoms with E-state index in [-0.39, 0.29) is 11.9 Å². The molecule has 0 aromatic heterocycles. The summed E-state index contributed by atoms with van der Waals surface area (Å²) >= 11 is 1.18. The molecule has 5 atom stereocenters. The van der Waals surface area contributed by atoms with Crippen LogP contribution in [0.15, 0.2) is 29.2 Å². The quantitative estimate of drug-likeness (QED) is 0.595. The number of halogens is 3. The fourth-order valence-corrected chi connectivity index (χ4v) is 5.70. The fraction of sp³-hybridized carbons (Fsp3) is 0.682. The van der Waals surface area contributed by atoms with E-state index in [1.54, 1.807) is 13.8 Å². The first-order chi connectivity index (χ1) is 13.5. The van der Waals surface area contributed by atoms with Gasteiger partial charge in [0, 0.05) is 10.9 Å². The highest BCUT2D eigenvalue weighted by Gasteiger charge is 2.42. The summed E-state index contributed by atoms with van der Waals surface area (Å²) in [5.74, 6) is 2.44. The number of carbonyl (C=O) groups is 1. The van der Waals surface area contributed by atoms with Crippen molar-refractivity contribution in [3.8, 4) is 0 Å². The molecule has 7 heteroatoms. The molecule has 1 aromatic rings. The van der Waals surface area contributed by atoms with Gasteiger partial charge in [0.25, 0.3) is 0 Å². The van der Waals surface area contributed by atoms with Crippen LogP contribution in [0.3, 0.4) is 0 Å². The molecule has 2 aliphatic carbocycles. The van der Waals surface area contributed by atoms with Crippen LogP contribution in [0.5, 0.6) is 0 Å². The van der Waals surface area contributed by atoms with Crippen molar-refractivity contribution in [3.63, 3.8) is 0 Å². The van der Waals surface area contributed by atoms with Crippen molar-refractivity contribution in [2.75, 3.05) is 0 Å². The maximum atomic E-state index is 13.0. The zero-order chi connectivity index (χ0) is 21.4. The lowest BCUT2D eigenvalue weighted by Gasteiger charge is -2.47. The summed E-state index contributed by atoms with van der Waals surface area (Å²) in [6.07, 6.45) is 0.494. The van der Waals surface area contributed by atoms with Gasteiger partial charge in [-0.15, -0.1) is 0 Å². The maximum Gasteiger partial charge on any atom is 0.416 e. The Morgan fingerprint density at radius 3 is 2.31 bits per heavy atom. The average Bonchev–Trinajstić information content (AvgIpc) is 2.62. The third kappa shape index (κ3) is 5.48. The summed E-state index contributed by atoms with van der Waals surface area (Å²) in [4.78, 5) is 13.6. The van der Waals surface area contributed by atoms with Crippen LogP contribution < -0.4 is 10.0 Å². The monoisotopic (exact) mass is 428 g/mol. The highest BCUT2D eigenvalue weighted by Crippen LogP contribution is 2.45. The Labute approximate surface area is 175 Å². The molecule has 0 radical (unpaired) electrons. The van der Waals surface area contributed by atoms with E-state index in [1.165, 1.54) is 49.8 Å². The summed E-state index contributed by atoms with van der Waals surface area (Å²) in [6, 6.07) is 5.14. The molecule has 2 saturated carbocycles. The van der Waals surface area contributed by atoms with Crippen molar-refractivity contribution in [2.45, 2.75) is 76.0 Å². The van der Waals surface area contributed by atoms with E-state index in [0.29, 0.717) is 22.6 Å². The van der Waals surface area contributed by atoms with E-state index in [0.717, 1.165) is 18.1 Å². The molecule has 2 fully saturated rings. The van der Waals surface area contributed by atoms with Crippen molar-refractivity contribution in [2.24, 2.45) is 23.7 Å². The maximum absolute atomic E-state index is 13.0. The zero-order valence-corrected chi connectivity index (χ0v) is 18.3. The topological polar surface area (TPSA) is 41.1 Å². The van der Waals surface area contributed by atoms with Gasteiger partial charge in [0.05, 0.1) is 5.56 Å². The van der Waals surface area contributed by atoms with E-state index in [1.807, 2.05) is 0 Å². The minimum absolute atomic E-state index is 0.0644. The van der Waals surface area contributed by atoms with Gasteiger partial charge in [-0.3, -0.25) is 4.79 Å². The Balaban J connectivity index is 1.58.